The normalized spacial score (nSPS) is 19.6. The predicted octanol–water partition coefficient (Wildman–Crippen LogP) is 1.25. The Balaban J connectivity index is 1.94. The smallest absolute Gasteiger partial charge is 0.0424 e. The maximum Gasteiger partial charge on any atom is 0.0424 e. The molecule has 1 aliphatic rings. The molecule has 0 aromatic heterocycles. The molecule has 3 nitrogen and oxygen atoms in total. The quantitative estimate of drug-likeness (QED) is 0.834. The molecular weight excluding hydrogens is 222 g/mol. The van der Waals surface area contributed by atoms with E-state index in [0.717, 1.165) is 43.3 Å². The maximum atomic E-state index is 6.17. The Morgan fingerprint density at radius 3 is 2.81 bits per heavy atom. The number of benzene rings is 1. The van der Waals surface area contributed by atoms with Crippen molar-refractivity contribution in [1.82, 2.24) is 10.2 Å². The van der Waals surface area contributed by atoms with Crippen molar-refractivity contribution in [2.45, 2.75) is 6.04 Å². The number of hydrogen-bond acceptors (Lipinski definition) is 3. The van der Waals surface area contributed by atoms with E-state index in [1.807, 2.05) is 24.3 Å². The number of hydrogen-bond donors (Lipinski definition) is 2. The minimum Gasteiger partial charge on any atom is -0.323 e. The van der Waals surface area contributed by atoms with Gasteiger partial charge in [-0.3, -0.25) is 4.90 Å². The van der Waals surface area contributed by atoms with E-state index in [4.69, 9.17) is 17.3 Å². The molecule has 0 saturated carbocycles. The zero-order valence-corrected chi connectivity index (χ0v) is 10.1. The number of nitrogens with two attached hydrogens (primary N) is 1. The van der Waals surface area contributed by atoms with Gasteiger partial charge in [-0.15, -0.1) is 0 Å². The van der Waals surface area contributed by atoms with Crippen LogP contribution in [0.5, 0.6) is 0 Å². The minimum atomic E-state index is 0.0526. The molecule has 0 spiro atoms. The standard InChI is InChI=1S/C12H18ClN3/c13-11-3-1-2-10(8-11)12(14)9-16-6-4-15-5-7-16/h1-3,8,12,15H,4-7,9,14H2. The summed E-state index contributed by atoms with van der Waals surface area (Å²) in [6, 6.07) is 7.88. The van der Waals surface area contributed by atoms with Gasteiger partial charge < -0.3 is 11.1 Å². The van der Waals surface area contributed by atoms with E-state index in [1.54, 1.807) is 0 Å². The molecule has 3 N–H and O–H groups in total. The highest BCUT2D eigenvalue weighted by molar-refractivity contribution is 6.30. The third kappa shape index (κ3) is 3.19. The summed E-state index contributed by atoms with van der Waals surface area (Å²) in [6.07, 6.45) is 0. The van der Waals surface area contributed by atoms with Crippen molar-refractivity contribution in [3.8, 4) is 0 Å². The highest BCUT2D eigenvalue weighted by atomic mass is 35.5. The Morgan fingerprint density at radius 2 is 2.12 bits per heavy atom. The van der Waals surface area contributed by atoms with E-state index < -0.39 is 0 Å². The van der Waals surface area contributed by atoms with Crippen LogP contribution in [0.15, 0.2) is 24.3 Å². The van der Waals surface area contributed by atoms with Crippen LogP contribution in [0.3, 0.4) is 0 Å². The number of halogens is 1. The molecule has 1 aromatic rings. The SMILES string of the molecule is NC(CN1CCNCC1)c1cccc(Cl)c1. The van der Waals surface area contributed by atoms with Gasteiger partial charge in [0.1, 0.15) is 0 Å². The molecule has 4 heteroatoms. The molecular formula is C12H18ClN3. The van der Waals surface area contributed by atoms with Gasteiger partial charge in [-0.05, 0) is 17.7 Å². The summed E-state index contributed by atoms with van der Waals surface area (Å²) in [6.45, 7) is 5.18. The van der Waals surface area contributed by atoms with Crippen molar-refractivity contribution in [2.75, 3.05) is 32.7 Å². The van der Waals surface area contributed by atoms with Crippen LogP contribution in [-0.4, -0.2) is 37.6 Å². The van der Waals surface area contributed by atoms with Gasteiger partial charge in [0, 0.05) is 43.8 Å². The second-order valence-corrected chi connectivity index (χ2v) is 4.65. The average molecular weight is 240 g/mol. The highest BCUT2D eigenvalue weighted by Crippen LogP contribution is 2.17. The van der Waals surface area contributed by atoms with Crippen molar-refractivity contribution in [3.05, 3.63) is 34.9 Å². The summed E-state index contributed by atoms with van der Waals surface area (Å²) in [5.41, 5.74) is 7.29. The second-order valence-electron chi connectivity index (χ2n) is 4.21. The van der Waals surface area contributed by atoms with E-state index in [0.29, 0.717) is 0 Å². The zero-order valence-electron chi connectivity index (χ0n) is 9.32. The lowest BCUT2D eigenvalue weighted by Gasteiger charge is -2.29. The molecule has 0 radical (unpaired) electrons. The summed E-state index contributed by atoms with van der Waals surface area (Å²) in [7, 11) is 0. The largest absolute Gasteiger partial charge is 0.323 e. The van der Waals surface area contributed by atoms with Gasteiger partial charge in [-0.2, -0.15) is 0 Å². The number of nitrogens with zero attached hydrogens (tertiary/aromatic N) is 1. The maximum absolute atomic E-state index is 6.17. The molecule has 1 atom stereocenters. The zero-order chi connectivity index (χ0) is 11.4. The summed E-state index contributed by atoms with van der Waals surface area (Å²) in [4.78, 5) is 2.39. The molecule has 1 fully saturated rings. The first kappa shape index (κ1) is 11.9. The van der Waals surface area contributed by atoms with E-state index in [-0.39, 0.29) is 6.04 Å². The lowest BCUT2D eigenvalue weighted by Crippen LogP contribution is -2.45. The van der Waals surface area contributed by atoms with Crippen LogP contribution < -0.4 is 11.1 Å². The lowest BCUT2D eigenvalue weighted by atomic mass is 10.1. The van der Waals surface area contributed by atoms with Crippen molar-refractivity contribution in [1.29, 1.82) is 0 Å². The molecule has 0 bridgehead atoms. The highest BCUT2D eigenvalue weighted by Gasteiger charge is 2.14. The summed E-state index contributed by atoms with van der Waals surface area (Å²) in [5, 5.41) is 4.09. The number of rotatable bonds is 3. The molecule has 1 aromatic carbocycles. The van der Waals surface area contributed by atoms with E-state index in [9.17, 15) is 0 Å². The molecule has 1 unspecified atom stereocenters. The van der Waals surface area contributed by atoms with Crippen molar-refractivity contribution >= 4 is 11.6 Å². The summed E-state index contributed by atoms with van der Waals surface area (Å²) in [5.74, 6) is 0. The second kappa shape index (κ2) is 5.64. The van der Waals surface area contributed by atoms with Crippen LogP contribution in [0.1, 0.15) is 11.6 Å². The van der Waals surface area contributed by atoms with Gasteiger partial charge in [0.2, 0.25) is 0 Å². The Hall–Kier alpha value is -0.610. The monoisotopic (exact) mass is 239 g/mol. The van der Waals surface area contributed by atoms with E-state index in [2.05, 4.69) is 10.2 Å². The molecule has 1 saturated heterocycles. The fourth-order valence-corrected chi connectivity index (χ4v) is 2.21. The third-order valence-electron chi connectivity index (χ3n) is 2.94. The van der Waals surface area contributed by atoms with Crippen LogP contribution in [0, 0.1) is 0 Å². The molecule has 88 valence electrons. The van der Waals surface area contributed by atoms with Crippen LogP contribution >= 0.6 is 11.6 Å². The Morgan fingerprint density at radius 1 is 1.38 bits per heavy atom. The van der Waals surface area contributed by atoms with Gasteiger partial charge in [-0.1, -0.05) is 23.7 Å². The topological polar surface area (TPSA) is 41.3 Å². The summed E-state index contributed by atoms with van der Waals surface area (Å²) >= 11 is 5.95. The molecule has 2 rings (SSSR count). The van der Waals surface area contributed by atoms with Gasteiger partial charge in [-0.25, -0.2) is 0 Å². The third-order valence-corrected chi connectivity index (χ3v) is 3.18. The van der Waals surface area contributed by atoms with Crippen molar-refractivity contribution in [2.24, 2.45) is 5.73 Å². The van der Waals surface area contributed by atoms with Gasteiger partial charge >= 0.3 is 0 Å². The van der Waals surface area contributed by atoms with Crippen molar-refractivity contribution in [3.63, 3.8) is 0 Å². The molecule has 1 aliphatic heterocycles. The molecule has 16 heavy (non-hydrogen) atoms. The Labute approximate surface area is 102 Å². The van der Waals surface area contributed by atoms with Gasteiger partial charge in [0.25, 0.3) is 0 Å². The van der Waals surface area contributed by atoms with Crippen molar-refractivity contribution < 1.29 is 0 Å². The van der Waals surface area contributed by atoms with E-state index in [1.165, 1.54) is 0 Å². The fraction of sp³-hybridized carbons (Fsp3) is 0.500. The van der Waals surface area contributed by atoms with Gasteiger partial charge in [0.05, 0.1) is 0 Å². The average Bonchev–Trinajstić information content (AvgIpc) is 2.30. The first-order valence-corrected chi connectivity index (χ1v) is 6.07. The Kier molecular flexibility index (Phi) is 4.18. The number of nitrogens with one attached hydrogen (secondary N) is 1. The van der Waals surface area contributed by atoms with Crippen LogP contribution in [-0.2, 0) is 0 Å². The fourth-order valence-electron chi connectivity index (χ4n) is 2.01. The minimum absolute atomic E-state index is 0.0526. The van der Waals surface area contributed by atoms with Crippen LogP contribution in [0.2, 0.25) is 5.02 Å². The molecule has 0 amide bonds. The lowest BCUT2D eigenvalue weighted by molar-refractivity contribution is 0.228. The number of piperazine rings is 1. The van der Waals surface area contributed by atoms with Crippen LogP contribution in [0.4, 0.5) is 0 Å². The molecule has 0 aliphatic carbocycles. The van der Waals surface area contributed by atoms with Gasteiger partial charge in [0.15, 0.2) is 0 Å². The first-order valence-electron chi connectivity index (χ1n) is 5.70. The molecule has 1 heterocycles. The summed E-state index contributed by atoms with van der Waals surface area (Å²) < 4.78 is 0. The predicted molar refractivity (Wildman–Crippen MR) is 67.7 cm³/mol. The first-order chi connectivity index (χ1) is 7.75. The van der Waals surface area contributed by atoms with E-state index >= 15 is 0 Å². The van der Waals surface area contributed by atoms with Crippen LogP contribution in [0.25, 0.3) is 0 Å². The Bertz CT molecular complexity index is 337.